The van der Waals surface area contributed by atoms with Crippen molar-refractivity contribution in [1.29, 1.82) is 0 Å². The van der Waals surface area contributed by atoms with Crippen molar-refractivity contribution >= 4 is 0 Å². The number of likely N-dealkylation sites (N-methyl/N-ethyl adjacent to an activating group) is 1. The third kappa shape index (κ3) is 2.47. The number of nitrogens with one attached hydrogen (secondary N) is 1. The van der Waals surface area contributed by atoms with E-state index in [0.29, 0.717) is 0 Å². The van der Waals surface area contributed by atoms with Gasteiger partial charge in [-0.25, -0.2) is 0 Å². The van der Waals surface area contributed by atoms with Gasteiger partial charge in [0.25, 0.3) is 0 Å². The third-order valence-electron chi connectivity index (χ3n) is 3.20. The number of rotatable bonds is 3. The van der Waals surface area contributed by atoms with E-state index in [-0.39, 0.29) is 11.1 Å². The summed E-state index contributed by atoms with van der Waals surface area (Å²) < 4.78 is 5.66. The first-order valence-electron chi connectivity index (χ1n) is 5.38. The van der Waals surface area contributed by atoms with Gasteiger partial charge in [-0.15, -0.1) is 0 Å². The van der Waals surface area contributed by atoms with E-state index in [9.17, 15) is 0 Å². The van der Waals surface area contributed by atoms with Crippen LogP contribution in [0.1, 0.15) is 27.2 Å². The summed E-state index contributed by atoms with van der Waals surface area (Å²) in [5.74, 6) is 0. The van der Waals surface area contributed by atoms with Crippen LogP contribution in [0.3, 0.4) is 0 Å². The molecule has 1 rings (SSSR count). The zero-order chi connectivity index (χ0) is 10.8. The highest BCUT2D eigenvalue weighted by molar-refractivity contribution is 4.96. The Bertz CT molecular complexity index is 188. The molecular weight excluding hydrogens is 176 g/mol. The molecule has 3 heteroatoms. The number of nitrogens with zero attached hydrogens (tertiary/aromatic N) is 1. The van der Waals surface area contributed by atoms with Crippen LogP contribution in [0.5, 0.6) is 0 Å². The molecule has 1 atom stereocenters. The first kappa shape index (κ1) is 12.0. The second kappa shape index (κ2) is 4.17. The summed E-state index contributed by atoms with van der Waals surface area (Å²) in [6.45, 7) is 9.90. The normalized spacial score (nSPS) is 29.8. The van der Waals surface area contributed by atoms with Crippen LogP contribution < -0.4 is 5.32 Å². The smallest absolute Gasteiger partial charge is 0.0940 e. The van der Waals surface area contributed by atoms with Gasteiger partial charge in [0.2, 0.25) is 0 Å². The Morgan fingerprint density at radius 1 is 1.43 bits per heavy atom. The van der Waals surface area contributed by atoms with Crippen molar-refractivity contribution in [3.63, 3.8) is 0 Å². The van der Waals surface area contributed by atoms with Gasteiger partial charge in [0, 0.05) is 32.3 Å². The SMILES string of the molecule is CNCC1(OC)CCN(C(C)(C)C)C1. The van der Waals surface area contributed by atoms with Gasteiger partial charge >= 0.3 is 0 Å². The van der Waals surface area contributed by atoms with Crippen molar-refractivity contribution in [2.24, 2.45) is 0 Å². The molecule has 0 saturated carbocycles. The first-order chi connectivity index (χ1) is 6.43. The van der Waals surface area contributed by atoms with Crippen LogP contribution in [0.25, 0.3) is 0 Å². The van der Waals surface area contributed by atoms with Gasteiger partial charge in [-0.2, -0.15) is 0 Å². The summed E-state index contributed by atoms with van der Waals surface area (Å²) >= 11 is 0. The van der Waals surface area contributed by atoms with Crippen LogP contribution in [0.15, 0.2) is 0 Å². The van der Waals surface area contributed by atoms with E-state index in [1.165, 1.54) is 0 Å². The van der Waals surface area contributed by atoms with Crippen molar-refractivity contribution in [3.8, 4) is 0 Å². The van der Waals surface area contributed by atoms with Gasteiger partial charge in [-0.05, 0) is 34.2 Å². The third-order valence-corrected chi connectivity index (χ3v) is 3.20. The number of hydrogen-bond acceptors (Lipinski definition) is 3. The maximum Gasteiger partial charge on any atom is 0.0940 e. The molecule has 0 amide bonds. The van der Waals surface area contributed by atoms with Crippen LogP contribution >= 0.6 is 0 Å². The maximum absolute atomic E-state index is 5.66. The molecule has 0 spiro atoms. The van der Waals surface area contributed by atoms with E-state index in [2.05, 4.69) is 31.0 Å². The zero-order valence-electron chi connectivity index (χ0n) is 10.2. The quantitative estimate of drug-likeness (QED) is 0.738. The Morgan fingerprint density at radius 3 is 2.43 bits per heavy atom. The summed E-state index contributed by atoms with van der Waals surface area (Å²) in [6, 6.07) is 0. The monoisotopic (exact) mass is 200 g/mol. The summed E-state index contributed by atoms with van der Waals surface area (Å²) in [5.41, 5.74) is 0.288. The second-order valence-corrected chi connectivity index (χ2v) is 5.26. The predicted molar refractivity (Wildman–Crippen MR) is 59.6 cm³/mol. The van der Waals surface area contributed by atoms with Crippen molar-refractivity contribution in [1.82, 2.24) is 10.2 Å². The number of methoxy groups -OCH3 is 1. The molecule has 0 radical (unpaired) electrons. The minimum absolute atomic E-state index is 0.0298. The van der Waals surface area contributed by atoms with E-state index in [1.54, 1.807) is 0 Å². The molecule has 0 bridgehead atoms. The fraction of sp³-hybridized carbons (Fsp3) is 1.00. The molecule has 1 saturated heterocycles. The van der Waals surface area contributed by atoms with E-state index in [4.69, 9.17) is 4.74 Å². The Balaban J connectivity index is 2.61. The average molecular weight is 200 g/mol. The van der Waals surface area contributed by atoms with Gasteiger partial charge in [-0.3, -0.25) is 4.90 Å². The van der Waals surface area contributed by atoms with E-state index >= 15 is 0 Å². The highest BCUT2D eigenvalue weighted by Gasteiger charge is 2.41. The molecule has 84 valence electrons. The van der Waals surface area contributed by atoms with Crippen LogP contribution in [-0.4, -0.2) is 49.8 Å². The number of ether oxygens (including phenoxy) is 1. The second-order valence-electron chi connectivity index (χ2n) is 5.26. The van der Waals surface area contributed by atoms with Gasteiger partial charge in [0.1, 0.15) is 0 Å². The molecule has 14 heavy (non-hydrogen) atoms. The molecule has 1 aliphatic heterocycles. The molecule has 1 unspecified atom stereocenters. The Hall–Kier alpha value is -0.120. The molecule has 3 nitrogen and oxygen atoms in total. The van der Waals surface area contributed by atoms with E-state index in [1.807, 2.05) is 14.2 Å². The summed E-state index contributed by atoms with van der Waals surface area (Å²) in [4.78, 5) is 2.49. The lowest BCUT2D eigenvalue weighted by atomic mass is 10.0. The lowest BCUT2D eigenvalue weighted by Crippen LogP contribution is -2.47. The van der Waals surface area contributed by atoms with Gasteiger partial charge in [0.05, 0.1) is 5.60 Å². The van der Waals surface area contributed by atoms with Crippen molar-refractivity contribution in [3.05, 3.63) is 0 Å². The Labute approximate surface area is 87.8 Å². The van der Waals surface area contributed by atoms with E-state index < -0.39 is 0 Å². The zero-order valence-corrected chi connectivity index (χ0v) is 10.2. The average Bonchev–Trinajstić information content (AvgIpc) is 2.50. The minimum atomic E-state index is 0.0298. The van der Waals surface area contributed by atoms with Crippen LogP contribution in [0.2, 0.25) is 0 Å². The van der Waals surface area contributed by atoms with Crippen molar-refractivity contribution < 1.29 is 4.74 Å². The molecule has 1 N–H and O–H groups in total. The maximum atomic E-state index is 5.66. The number of likely N-dealkylation sites (tertiary alicyclic amines) is 1. The highest BCUT2D eigenvalue weighted by atomic mass is 16.5. The van der Waals surface area contributed by atoms with Gasteiger partial charge in [0.15, 0.2) is 0 Å². The molecule has 0 aliphatic carbocycles. The molecule has 0 aromatic heterocycles. The molecule has 1 heterocycles. The summed E-state index contributed by atoms with van der Waals surface area (Å²) in [7, 11) is 3.81. The topological polar surface area (TPSA) is 24.5 Å². The van der Waals surface area contributed by atoms with Crippen LogP contribution in [0.4, 0.5) is 0 Å². The molecule has 1 aliphatic rings. The molecule has 0 aromatic rings. The molecular formula is C11H24N2O. The van der Waals surface area contributed by atoms with Crippen LogP contribution in [-0.2, 0) is 4.74 Å². The standard InChI is InChI=1S/C11H24N2O/c1-10(2,3)13-7-6-11(9-13,14-5)8-12-4/h12H,6-9H2,1-5H3. The fourth-order valence-electron chi connectivity index (χ4n) is 2.12. The fourth-order valence-corrected chi connectivity index (χ4v) is 2.12. The molecule has 0 aromatic carbocycles. The van der Waals surface area contributed by atoms with Gasteiger partial charge in [-0.1, -0.05) is 0 Å². The van der Waals surface area contributed by atoms with E-state index in [0.717, 1.165) is 26.1 Å². The largest absolute Gasteiger partial charge is 0.376 e. The summed E-state index contributed by atoms with van der Waals surface area (Å²) in [5, 5.41) is 3.22. The summed E-state index contributed by atoms with van der Waals surface area (Å²) in [6.07, 6.45) is 1.13. The van der Waals surface area contributed by atoms with Crippen LogP contribution in [0, 0.1) is 0 Å². The Kier molecular flexibility index (Phi) is 3.56. The molecule has 1 fully saturated rings. The first-order valence-corrected chi connectivity index (χ1v) is 5.38. The minimum Gasteiger partial charge on any atom is -0.376 e. The van der Waals surface area contributed by atoms with Crippen molar-refractivity contribution in [2.45, 2.75) is 38.3 Å². The van der Waals surface area contributed by atoms with Crippen molar-refractivity contribution in [2.75, 3.05) is 33.8 Å². The predicted octanol–water partition coefficient (Wildman–Crippen LogP) is 1.10. The number of hydrogen-bond donors (Lipinski definition) is 1. The lowest BCUT2D eigenvalue weighted by molar-refractivity contribution is -0.00691. The lowest BCUT2D eigenvalue weighted by Gasteiger charge is -2.34. The highest BCUT2D eigenvalue weighted by Crippen LogP contribution is 2.29. The Morgan fingerprint density at radius 2 is 2.07 bits per heavy atom. The van der Waals surface area contributed by atoms with Gasteiger partial charge < -0.3 is 10.1 Å².